The largest absolute Gasteiger partial charge is 0.505 e. The average molecular weight is 276 g/mol. The van der Waals surface area contributed by atoms with Gasteiger partial charge in [-0.3, -0.25) is 0 Å². The lowest BCUT2D eigenvalue weighted by Gasteiger charge is -2.28. The third-order valence-electron chi connectivity index (χ3n) is 3.47. The summed E-state index contributed by atoms with van der Waals surface area (Å²) in [5.74, 6) is -0.620. The van der Waals surface area contributed by atoms with Crippen LogP contribution in [0.3, 0.4) is 0 Å². The number of hydrogen-bond donors (Lipinski definition) is 2. The van der Waals surface area contributed by atoms with Crippen molar-refractivity contribution in [3.8, 4) is 5.75 Å². The summed E-state index contributed by atoms with van der Waals surface area (Å²) in [4.78, 5) is 0. The van der Waals surface area contributed by atoms with Crippen molar-refractivity contribution >= 4 is 12.4 Å². The lowest BCUT2D eigenvalue weighted by Crippen LogP contribution is -2.27. The van der Waals surface area contributed by atoms with Crippen LogP contribution in [0, 0.1) is 18.7 Å². The van der Waals surface area contributed by atoms with Crippen LogP contribution in [-0.4, -0.2) is 18.3 Å². The van der Waals surface area contributed by atoms with Crippen molar-refractivity contribution in [3.05, 3.63) is 29.1 Å². The van der Waals surface area contributed by atoms with Crippen molar-refractivity contribution in [2.24, 2.45) is 11.7 Å². The fourth-order valence-corrected chi connectivity index (χ4v) is 2.28. The van der Waals surface area contributed by atoms with Gasteiger partial charge < -0.3 is 15.6 Å². The molecule has 1 aromatic carbocycles. The zero-order chi connectivity index (χ0) is 12.4. The standard InChI is InChI=1S/C13H18FNO2.ClH/c1-8-2-3-10(13(16)11(8)14)12(15)9-4-6-17-7-5-9;/h2-3,9,12,16H,4-7,15H2,1H3;1H/t12-;/m1./s1. The van der Waals surface area contributed by atoms with Crippen LogP contribution in [0.15, 0.2) is 12.1 Å². The molecule has 0 aliphatic carbocycles. The topological polar surface area (TPSA) is 55.5 Å². The summed E-state index contributed by atoms with van der Waals surface area (Å²) in [6.07, 6.45) is 1.71. The Balaban J connectivity index is 0.00000162. The van der Waals surface area contributed by atoms with Gasteiger partial charge in [-0.1, -0.05) is 12.1 Å². The van der Waals surface area contributed by atoms with Gasteiger partial charge in [-0.05, 0) is 31.2 Å². The Bertz CT molecular complexity index is 408. The summed E-state index contributed by atoms with van der Waals surface area (Å²) in [5, 5.41) is 9.79. The number of aryl methyl sites for hydroxylation is 1. The molecule has 0 radical (unpaired) electrons. The lowest BCUT2D eigenvalue weighted by atomic mass is 9.87. The summed E-state index contributed by atoms with van der Waals surface area (Å²) < 4.78 is 18.9. The first kappa shape index (κ1) is 15.2. The van der Waals surface area contributed by atoms with E-state index in [1.807, 2.05) is 0 Å². The van der Waals surface area contributed by atoms with E-state index in [1.54, 1.807) is 19.1 Å². The molecule has 0 saturated carbocycles. The number of halogens is 2. The van der Waals surface area contributed by atoms with Gasteiger partial charge >= 0.3 is 0 Å². The van der Waals surface area contributed by atoms with Crippen LogP contribution in [0.4, 0.5) is 4.39 Å². The number of hydrogen-bond acceptors (Lipinski definition) is 3. The van der Waals surface area contributed by atoms with Crippen molar-refractivity contribution in [2.75, 3.05) is 13.2 Å². The van der Waals surface area contributed by atoms with Gasteiger partial charge in [0.1, 0.15) is 0 Å². The number of nitrogens with two attached hydrogens (primary N) is 1. The molecule has 1 aliphatic rings. The van der Waals surface area contributed by atoms with E-state index in [-0.39, 0.29) is 30.1 Å². The summed E-state index contributed by atoms with van der Waals surface area (Å²) in [5.41, 5.74) is 7.04. The molecular formula is C13H19ClFNO2. The van der Waals surface area contributed by atoms with E-state index >= 15 is 0 Å². The molecule has 1 aliphatic heterocycles. The first-order chi connectivity index (χ1) is 8.11. The van der Waals surface area contributed by atoms with Crippen molar-refractivity contribution in [1.82, 2.24) is 0 Å². The van der Waals surface area contributed by atoms with Crippen LogP contribution < -0.4 is 5.73 Å². The second kappa shape index (κ2) is 6.36. The summed E-state index contributed by atoms with van der Waals surface area (Å²) in [7, 11) is 0. The van der Waals surface area contributed by atoms with E-state index < -0.39 is 5.82 Å². The Morgan fingerprint density at radius 3 is 2.61 bits per heavy atom. The number of aromatic hydroxyl groups is 1. The van der Waals surface area contributed by atoms with E-state index in [0.29, 0.717) is 24.3 Å². The van der Waals surface area contributed by atoms with Crippen LogP contribution in [0.25, 0.3) is 0 Å². The molecule has 1 saturated heterocycles. The molecule has 102 valence electrons. The van der Waals surface area contributed by atoms with Crippen LogP contribution in [0.2, 0.25) is 0 Å². The molecule has 0 bridgehead atoms. The van der Waals surface area contributed by atoms with E-state index in [1.165, 1.54) is 0 Å². The molecule has 1 heterocycles. The zero-order valence-electron chi connectivity index (χ0n) is 10.4. The van der Waals surface area contributed by atoms with E-state index in [2.05, 4.69) is 0 Å². The summed E-state index contributed by atoms with van der Waals surface area (Å²) in [6.45, 7) is 3.00. The van der Waals surface area contributed by atoms with Gasteiger partial charge in [0, 0.05) is 24.8 Å². The molecule has 1 atom stereocenters. The maximum absolute atomic E-state index is 13.6. The first-order valence-electron chi connectivity index (χ1n) is 5.92. The fourth-order valence-electron chi connectivity index (χ4n) is 2.28. The minimum absolute atomic E-state index is 0. The monoisotopic (exact) mass is 275 g/mol. The Morgan fingerprint density at radius 1 is 1.39 bits per heavy atom. The molecule has 3 nitrogen and oxygen atoms in total. The second-order valence-electron chi connectivity index (χ2n) is 4.61. The third kappa shape index (κ3) is 2.94. The second-order valence-corrected chi connectivity index (χ2v) is 4.61. The quantitative estimate of drug-likeness (QED) is 0.872. The molecular weight excluding hydrogens is 257 g/mol. The maximum atomic E-state index is 13.6. The van der Waals surface area contributed by atoms with Gasteiger partial charge in [0.25, 0.3) is 0 Å². The Morgan fingerprint density at radius 2 is 2.00 bits per heavy atom. The average Bonchev–Trinajstić information content (AvgIpc) is 2.36. The molecule has 0 aromatic heterocycles. The Hall–Kier alpha value is -0.840. The van der Waals surface area contributed by atoms with Gasteiger partial charge in [-0.25, -0.2) is 4.39 Å². The molecule has 0 amide bonds. The van der Waals surface area contributed by atoms with Gasteiger partial charge in [-0.2, -0.15) is 0 Å². The zero-order valence-corrected chi connectivity index (χ0v) is 11.2. The Kier molecular flexibility index (Phi) is 5.38. The molecule has 0 spiro atoms. The van der Waals surface area contributed by atoms with Crippen LogP contribution in [-0.2, 0) is 4.74 Å². The highest BCUT2D eigenvalue weighted by Crippen LogP contribution is 2.34. The van der Waals surface area contributed by atoms with Gasteiger partial charge in [0.15, 0.2) is 11.6 Å². The van der Waals surface area contributed by atoms with E-state index in [0.717, 1.165) is 12.8 Å². The molecule has 0 unspecified atom stereocenters. The minimum atomic E-state index is -0.565. The first-order valence-corrected chi connectivity index (χ1v) is 5.92. The molecule has 18 heavy (non-hydrogen) atoms. The molecule has 3 N–H and O–H groups in total. The van der Waals surface area contributed by atoms with E-state index in [4.69, 9.17) is 10.5 Å². The predicted molar refractivity (Wildman–Crippen MR) is 70.5 cm³/mol. The van der Waals surface area contributed by atoms with Crippen LogP contribution in [0.5, 0.6) is 5.75 Å². The van der Waals surface area contributed by atoms with Crippen molar-refractivity contribution in [3.63, 3.8) is 0 Å². The van der Waals surface area contributed by atoms with Crippen LogP contribution >= 0.6 is 12.4 Å². The van der Waals surface area contributed by atoms with Gasteiger partial charge in [0.2, 0.25) is 0 Å². The summed E-state index contributed by atoms with van der Waals surface area (Å²) >= 11 is 0. The predicted octanol–water partition coefficient (Wildman–Crippen LogP) is 2.69. The van der Waals surface area contributed by atoms with Crippen molar-refractivity contribution in [2.45, 2.75) is 25.8 Å². The van der Waals surface area contributed by atoms with Crippen molar-refractivity contribution in [1.29, 1.82) is 0 Å². The van der Waals surface area contributed by atoms with Gasteiger partial charge in [0.05, 0.1) is 0 Å². The fraction of sp³-hybridized carbons (Fsp3) is 0.538. The molecule has 2 rings (SSSR count). The Labute approximate surface area is 113 Å². The molecule has 1 fully saturated rings. The number of benzene rings is 1. The number of phenols is 1. The normalized spacial score (nSPS) is 18.2. The van der Waals surface area contributed by atoms with Crippen LogP contribution in [0.1, 0.15) is 30.0 Å². The highest BCUT2D eigenvalue weighted by atomic mass is 35.5. The third-order valence-corrected chi connectivity index (χ3v) is 3.47. The minimum Gasteiger partial charge on any atom is -0.505 e. The van der Waals surface area contributed by atoms with Crippen molar-refractivity contribution < 1.29 is 14.2 Å². The summed E-state index contributed by atoms with van der Waals surface area (Å²) in [6, 6.07) is 3.05. The lowest BCUT2D eigenvalue weighted by molar-refractivity contribution is 0.0580. The highest BCUT2D eigenvalue weighted by Gasteiger charge is 2.25. The smallest absolute Gasteiger partial charge is 0.168 e. The molecule has 5 heteroatoms. The number of phenolic OH excluding ortho intramolecular Hbond substituents is 1. The molecule has 1 aromatic rings. The van der Waals surface area contributed by atoms with Gasteiger partial charge in [-0.15, -0.1) is 12.4 Å². The highest BCUT2D eigenvalue weighted by molar-refractivity contribution is 5.85. The number of rotatable bonds is 2. The maximum Gasteiger partial charge on any atom is 0.168 e. The SMILES string of the molecule is Cc1ccc([C@H](N)C2CCOCC2)c(O)c1F.Cl. The number of ether oxygens (including phenoxy) is 1. The van der Waals surface area contributed by atoms with E-state index in [9.17, 15) is 9.50 Å².